The number of aliphatic hydroxyl groups is 1. The summed E-state index contributed by atoms with van der Waals surface area (Å²) in [6.07, 6.45) is 0.724. The standard InChI is InChI=1S/C30H30BrF2NO4/c1-30(12-11-20-13-22(32)8-10-26(20)38-30)28(36)18-34(16-19-5-3-2-4-6-19)17-25(35)27-9-7-21-14-23(33)15-24(31)29(21)37-27/h2-6,8,10,13-15,25,27,35H,7,9,11-12,16-18H2,1H3/t25-,27+,30+/m1/s1. The van der Waals surface area contributed by atoms with E-state index in [1.165, 1.54) is 24.3 Å². The first-order valence-electron chi connectivity index (χ1n) is 12.8. The summed E-state index contributed by atoms with van der Waals surface area (Å²) in [6.45, 7) is 2.50. The monoisotopic (exact) mass is 585 g/mol. The Labute approximate surface area is 229 Å². The molecule has 0 spiro atoms. The maximum atomic E-state index is 13.8. The van der Waals surface area contributed by atoms with Crippen molar-refractivity contribution in [3.05, 3.63) is 93.5 Å². The lowest BCUT2D eigenvalue weighted by Crippen LogP contribution is -2.51. The summed E-state index contributed by atoms with van der Waals surface area (Å²) >= 11 is 3.37. The number of fused-ring (bicyclic) bond motifs is 2. The maximum Gasteiger partial charge on any atom is 0.189 e. The van der Waals surface area contributed by atoms with Crippen LogP contribution < -0.4 is 9.47 Å². The van der Waals surface area contributed by atoms with Crippen LogP contribution in [-0.2, 0) is 24.2 Å². The zero-order valence-corrected chi connectivity index (χ0v) is 22.7. The summed E-state index contributed by atoms with van der Waals surface area (Å²) in [5.41, 5.74) is 1.47. The highest BCUT2D eigenvalue weighted by Gasteiger charge is 2.40. The number of Topliss-reactive ketones (excluding diaryl/α,β-unsaturated/α-hetero) is 1. The third-order valence-corrected chi connectivity index (χ3v) is 7.95. The van der Waals surface area contributed by atoms with E-state index in [9.17, 15) is 18.7 Å². The highest BCUT2D eigenvalue weighted by molar-refractivity contribution is 9.10. The lowest BCUT2D eigenvalue weighted by Gasteiger charge is -2.37. The predicted molar refractivity (Wildman–Crippen MR) is 143 cm³/mol. The molecule has 0 aromatic heterocycles. The number of hydrogen-bond donors (Lipinski definition) is 1. The molecule has 0 aliphatic carbocycles. The van der Waals surface area contributed by atoms with Crippen LogP contribution in [0.25, 0.3) is 0 Å². The van der Waals surface area contributed by atoms with Crippen LogP contribution in [0.1, 0.15) is 36.5 Å². The van der Waals surface area contributed by atoms with Gasteiger partial charge in [0, 0.05) is 13.1 Å². The van der Waals surface area contributed by atoms with Gasteiger partial charge >= 0.3 is 0 Å². The van der Waals surface area contributed by atoms with E-state index in [1.54, 1.807) is 13.0 Å². The number of aryl methyl sites for hydroxylation is 2. The minimum atomic E-state index is -1.06. The van der Waals surface area contributed by atoms with Crippen molar-refractivity contribution in [2.75, 3.05) is 13.1 Å². The average Bonchev–Trinajstić information content (AvgIpc) is 2.89. The molecule has 5 nitrogen and oxygen atoms in total. The lowest BCUT2D eigenvalue weighted by molar-refractivity contribution is -0.136. The minimum absolute atomic E-state index is 0.0667. The quantitative estimate of drug-likeness (QED) is 0.371. The minimum Gasteiger partial charge on any atom is -0.486 e. The van der Waals surface area contributed by atoms with Crippen molar-refractivity contribution < 1.29 is 28.2 Å². The fraction of sp³-hybridized carbons (Fsp3) is 0.367. The van der Waals surface area contributed by atoms with Gasteiger partial charge in [-0.1, -0.05) is 30.3 Å². The van der Waals surface area contributed by atoms with Crippen molar-refractivity contribution in [1.82, 2.24) is 4.90 Å². The maximum absolute atomic E-state index is 13.8. The molecule has 38 heavy (non-hydrogen) atoms. The number of nitrogens with zero attached hydrogens (tertiary/aromatic N) is 1. The van der Waals surface area contributed by atoms with E-state index in [2.05, 4.69) is 15.9 Å². The van der Waals surface area contributed by atoms with Crippen molar-refractivity contribution in [2.45, 2.75) is 57.0 Å². The normalized spacial score (nSPS) is 21.2. The number of rotatable bonds is 8. The van der Waals surface area contributed by atoms with Crippen molar-refractivity contribution >= 4 is 21.7 Å². The summed E-state index contributed by atoms with van der Waals surface area (Å²) in [5.74, 6) is 0.306. The van der Waals surface area contributed by atoms with E-state index in [1.807, 2.05) is 35.2 Å². The van der Waals surface area contributed by atoms with Gasteiger partial charge in [0.1, 0.15) is 35.3 Å². The molecular formula is C30H30BrF2NO4. The molecule has 0 fully saturated rings. The molecule has 200 valence electrons. The summed E-state index contributed by atoms with van der Waals surface area (Å²) in [5, 5.41) is 11.2. The van der Waals surface area contributed by atoms with Crippen LogP contribution in [0.15, 0.2) is 65.1 Å². The summed E-state index contributed by atoms with van der Waals surface area (Å²) in [7, 11) is 0. The Kier molecular flexibility index (Phi) is 7.84. The molecule has 1 N–H and O–H groups in total. The summed E-state index contributed by atoms with van der Waals surface area (Å²) < 4.78 is 40.1. The molecule has 0 bridgehead atoms. The second-order valence-electron chi connectivity index (χ2n) is 10.3. The number of hydrogen-bond acceptors (Lipinski definition) is 5. The molecule has 5 rings (SSSR count). The van der Waals surface area contributed by atoms with Crippen molar-refractivity contribution in [2.24, 2.45) is 0 Å². The molecule has 2 heterocycles. The highest BCUT2D eigenvalue weighted by atomic mass is 79.9. The first-order chi connectivity index (χ1) is 18.2. The highest BCUT2D eigenvalue weighted by Crippen LogP contribution is 2.37. The van der Waals surface area contributed by atoms with Gasteiger partial charge in [-0.25, -0.2) is 8.78 Å². The van der Waals surface area contributed by atoms with Crippen LogP contribution in [0.5, 0.6) is 11.5 Å². The first kappa shape index (κ1) is 26.8. The SMILES string of the molecule is C[C@@]1(C(=O)CN(Cc2ccccc2)C[C@@H](O)[C@@H]2CCc3cc(F)cc(Br)c3O2)CCc2cc(F)ccc2O1. The second-order valence-corrected chi connectivity index (χ2v) is 11.2. The Bertz CT molecular complexity index is 1320. The van der Waals surface area contributed by atoms with Gasteiger partial charge in [0.05, 0.1) is 11.0 Å². The molecule has 0 unspecified atom stereocenters. The zero-order chi connectivity index (χ0) is 26.9. The van der Waals surface area contributed by atoms with Gasteiger partial charge in [-0.15, -0.1) is 0 Å². The number of benzene rings is 3. The number of ether oxygens (including phenoxy) is 2. The lowest BCUT2D eigenvalue weighted by atomic mass is 9.88. The zero-order valence-electron chi connectivity index (χ0n) is 21.1. The largest absolute Gasteiger partial charge is 0.486 e. The molecule has 3 aromatic rings. The third-order valence-electron chi connectivity index (χ3n) is 7.36. The van der Waals surface area contributed by atoms with E-state index in [4.69, 9.17) is 9.47 Å². The Morgan fingerprint density at radius 1 is 1.11 bits per heavy atom. The Morgan fingerprint density at radius 3 is 2.66 bits per heavy atom. The molecule has 3 atom stereocenters. The van der Waals surface area contributed by atoms with Gasteiger partial charge in [0.25, 0.3) is 0 Å². The van der Waals surface area contributed by atoms with E-state index in [-0.39, 0.29) is 30.5 Å². The fourth-order valence-corrected chi connectivity index (χ4v) is 5.76. The van der Waals surface area contributed by atoms with E-state index >= 15 is 0 Å². The van der Waals surface area contributed by atoms with Gasteiger partial charge in [-0.2, -0.15) is 0 Å². The molecule has 3 aromatic carbocycles. The smallest absolute Gasteiger partial charge is 0.189 e. The molecule has 0 saturated carbocycles. The fourth-order valence-electron chi connectivity index (χ4n) is 5.20. The number of aliphatic hydroxyl groups excluding tert-OH is 1. The number of halogens is 3. The average molecular weight is 586 g/mol. The van der Waals surface area contributed by atoms with Crippen LogP contribution >= 0.6 is 15.9 Å². The van der Waals surface area contributed by atoms with Gasteiger partial charge < -0.3 is 14.6 Å². The van der Waals surface area contributed by atoms with E-state index in [0.717, 1.165) is 16.7 Å². The van der Waals surface area contributed by atoms with Gasteiger partial charge in [0.2, 0.25) is 0 Å². The molecule has 2 aliphatic heterocycles. The van der Waals surface area contributed by atoms with E-state index < -0.39 is 17.8 Å². The predicted octanol–water partition coefficient (Wildman–Crippen LogP) is 5.64. The van der Waals surface area contributed by atoms with Crippen LogP contribution in [0, 0.1) is 11.6 Å². The van der Waals surface area contributed by atoms with Gasteiger partial charge in [-0.05, 0) is 95.6 Å². The summed E-state index contributed by atoms with van der Waals surface area (Å²) in [4.78, 5) is 15.5. The van der Waals surface area contributed by atoms with Crippen LogP contribution in [-0.4, -0.2) is 46.7 Å². The van der Waals surface area contributed by atoms with Crippen LogP contribution in [0.3, 0.4) is 0 Å². The number of carbonyl (C=O) groups excluding carboxylic acids is 1. The third kappa shape index (κ3) is 5.92. The number of ketones is 1. The Balaban J connectivity index is 1.31. The molecule has 8 heteroatoms. The van der Waals surface area contributed by atoms with Crippen LogP contribution in [0.4, 0.5) is 8.78 Å². The Morgan fingerprint density at radius 2 is 1.87 bits per heavy atom. The first-order valence-corrected chi connectivity index (χ1v) is 13.6. The molecule has 2 aliphatic rings. The van der Waals surface area contributed by atoms with Gasteiger partial charge in [0.15, 0.2) is 11.4 Å². The van der Waals surface area contributed by atoms with Crippen molar-refractivity contribution in [3.8, 4) is 11.5 Å². The molecule has 0 saturated heterocycles. The Hall–Kier alpha value is -2.81. The second kappa shape index (κ2) is 11.1. The summed E-state index contributed by atoms with van der Waals surface area (Å²) in [6, 6.07) is 16.9. The van der Waals surface area contributed by atoms with E-state index in [0.29, 0.717) is 48.2 Å². The van der Waals surface area contributed by atoms with Crippen LogP contribution in [0.2, 0.25) is 0 Å². The topological polar surface area (TPSA) is 59.0 Å². The molecule has 0 radical (unpaired) electrons. The number of carbonyl (C=O) groups is 1. The van der Waals surface area contributed by atoms with Crippen molar-refractivity contribution in [1.29, 1.82) is 0 Å². The van der Waals surface area contributed by atoms with Crippen molar-refractivity contribution in [3.63, 3.8) is 0 Å². The molecule has 0 amide bonds. The molecular weight excluding hydrogens is 556 g/mol. The van der Waals surface area contributed by atoms with Gasteiger partial charge in [-0.3, -0.25) is 9.69 Å².